The second kappa shape index (κ2) is 11.1. The van der Waals surface area contributed by atoms with Crippen molar-refractivity contribution in [1.82, 2.24) is 8.80 Å². The van der Waals surface area contributed by atoms with Crippen molar-refractivity contribution in [2.24, 2.45) is 0 Å². The molecule has 4 aromatic heterocycles. The lowest BCUT2D eigenvalue weighted by Gasteiger charge is -2.16. The molecule has 0 unspecified atom stereocenters. The summed E-state index contributed by atoms with van der Waals surface area (Å²) in [6.45, 7) is 0. The van der Waals surface area contributed by atoms with Crippen molar-refractivity contribution in [3.05, 3.63) is 194 Å². The maximum absolute atomic E-state index is 2.61. The Balaban J connectivity index is 1.33. The number of rotatable bonds is 4. The molecule has 0 fully saturated rings. The van der Waals surface area contributed by atoms with Crippen LogP contribution in [0.4, 0.5) is 0 Å². The maximum Gasteiger partial charge on any atom is 0.0634 e. The summed E-state index contributed by atoms with van der Waals surface area (Å²) in [7, 11) is 0. The van der Waals surface area contributed by atoms with Crippen molar-refractivity contribution in [3.8, 4) is 44.5 Å². The van der Waals surface area contributed by atoms with Crippen LogP contribution in [0.25, 0.3) is 121 Å². The first-order chi connectivity index (χ1) is 27.8. The summed E-state index contributed by atoms with van der Waals surface area (Å²) in [4.78, 5) is 0. The van der Waals surface area contributed by atoms with E-state index in [0.29, 0.717) is 0 Å². The van der Waals surface area contributed by atoms with Gasteiger partial charge in [-0.05, 0) is 45.5 Å². The van der Waals surface area contributed by atoms with Gasteiger partial charge in [0.2, 0.25) is 0 Å². The number of benzene rings is 9. The van der Waals surface area contributed by atoms with Gasteiger partial charge >= 0.3 is 0 Å². The summed E-state index contributed by atoms with van der Waals surface area (Å²) in [5.41, 5.74) is 17.4. The summed E-state index contributed by atoms with van der Waals surface area (Å²) < 4.78 is 5.21. The van der Waals surface area contributed by atoms with Crippen molar-refractivity contribution in [3.63, 3.8) is 0 Å². The Morgan fingerprint density at radius 1 is 0.232 bits per heavy atom. The minimum atomic E-state index is 1.22. The molecule has 258 valence electrons. The van der Waals surface area contributed by atoms with Crippen LogP contribution in [0.15, 0.2) is 194 Å². The molecular weight excluding hydrogens is 677 g/mol. The van der Waals surface area contributed by atoms with E-state index in [4.69, 9.17) is 0 Å². The van der Waals surface area contributed by atoms with Gasteiger partial charge in [-0.25, -0.2) is 0 Å². The third-order valence-corrected chi connectivity index (χ3v) is 12.3. The van der Waals surface area contributed by atoms with E-state index in [0.717, 1.165) is 0 Å². The van der Waals surface area contributed by atoms with E-state index in [-0.39, 0.29) is 0 Å². The van der Waals surface area contributed by atoms with Gasteiger partial charge in [0, 0.05) is 54.2 Å². The number of fused-ring (bicyclic) bond motifs is 12. The largest absolute Gasteiger partial charge is 0.307 e. The van der Waals surface area contributed by atoms with Crippen molar-refractivity contribution in [1.29, 1.82) is 0 Å². The van der Waals surface area contributed by atoms with Gasteiger partial charge in [0.1, 0.15) is 0 Å². The molecular formula is C54H32N2. The van der Waals surface area contributed by atoms with Crippen LogP contribution in [0.5, 0.6) is 0 Å². The molecule has 2 nitrogen and oxygen atoms in total. The average Bonchev–Trinajstić information content (AvgIpc) is 4.00. The first kappa shape index (κ1) is 30.0. The van der Waals surface area contributed by atoms with Crippen LogP contribution in [0.2, 0.25) is 0 Å². The highest BCUT2D eigenvalue weighted by Gasteiger charge is 2.30. The van der Waals surface area contributed by atoms with Gasteiger partial charge in [0.05, 0.1) is 33.1 Å². The van der Waals surface area contributed by atoms with Crippen molar-refractivity contribution < 1.29 is 0 Å². The predicted molar refractivity (Wildman–Crippen MR) is 238 cm³/mol. The van der Waals surface area contributed by atoms with Gasteiger partial charge in [-0.2, -0.15) is 0 Å². The highest BCUT2D eigenvalue weighted by Crippen LogP contribution is 2.54. The Bertz CT molecular complexity index is 3410. The van der Waals surface area contributed by atoms with Gasteiger partial charge in [0.15, 0.2) is 0 Å². The zero-order valence-electron chi connectivity index (χ0n) is 30.4. The van der Waals surface area contributed by atoms with Crippen LogP contribution in [-0.4, -0.2) is 8.80 Å². The van der Waals surface area contributed by atoms with Gasteiger partial charge < -0.3 is 8.80 Å². The molecule has 0 aliphatic rings. The van der Waals surface area contributed by atoms with Crippen LogP contribution in [-0.2, 0) is 0 Å². The summed E-state index contributed by atoms with van der Waals surface area (Å²) in [5.74, 6) is 0. The van der Waals surface area contributed by atoms with Crippen LogP contribution >= 0.6 is 0 Å². The van der Waals surface area contributed by atoms with Crippen LogP contribution in [0, 0.1) is 0 Å². The lowest BCUT2D eigenvalue weighted by Crippen LogP contribution is -1.93. The zero-order chi connectivity index (χ0) is 36.5. The summed E-state index contributed by atoms with van der Waals surface area (Å²) in [6, 6.07) is 71.7. The molecule has 13 aromatic rings. The molecule has 0 aliphatic carbocycles. The molecule has 9 aromatic carbocycles. The lowest BCUT2D eigenvalue weighted by atomic mass is 9.89. The molecule has 0 spiro atoms. The molecule has 0 saturated carbocycles. The maximum atomic E-state index is 2.61. The third kappa shape index (κ3) is 3.85. The normalized spacial score (nSPS) is 12.3. The van der Waals surface area contributed by atoms with Crippen LogP contribution < -0.4 is 0 Å². The zero-order valence-corrected chi connectivity index (χ0v) is 30.4. The molecule has 0 amide bonds. The molecule has 0 saturated heterocycles. The van der Waals surface area contributed by atoms with Gasteiger partial charge in [-0.15, -0.1) is 0 Å². The molecule has 0 radical (unpaired) electrons. The second-order valence-electron chi connectivity index (χ2n) is 15.2. The smallest absolute Gasteiger partial charge is 0.0634 e. The fourth-order valence-corrected chi connectivity index (χ4v) is 10.1. The fraction of sp³-hybridized carbons (Fsp3) is 0. The van der Waals surface area contributed by atoms with E-state index < -0.39 is 0 Å². The Morgan fingerprint density at radius 3 is 0.982 bits per heavy atom. The number of hydrogen-bond acceptors (Lipinski definition) is 0. The Hall–Kier alpha value is -7.42. The molecule has 0 bridgehead atoms. The van der Waals surface area contributed by atoms with Crippen LogP contribution in [0.3, 0.4) is 0 Å². The van der Waals surface area contributed by atoms with Crippen molar-refractivity contribution >= 4 is 76.2 Å². The molecule has 0 N–H and O–H groups in total. The predicted octanol–water partition coefficient (Wildman–Crippen LogP) is 14.7. The second-order valence-corrected chi connectivity index (χ2v) is 15.2. The SMILES string of the molecule is c1ccc(-c2ccc3c4cccc5c6c(-c7ccccc7)c7c(c(-c8ccccc8)c6n(c3c2)c45)c2cccc3c4ccc(-c5ccccc5)cc4n7c32)cc1. The summed E-state index contributed by atoms with van der Waals surface area (Å²) in [5, 5.41) is 10.3. The van der Waals surface area contributed by atoms with Gasteiger partial charge in [-0.1, -0.05) is 182 Å². The fourth-order valence-electron chi connectivity index (χ4n) is 10.1. The number of hydrogen-bond donors (Lipinski definition) is 0. The third-order valence-electron chi connectivity index (χ3n) is 12.3. The average molecular weight is 709 g/mol. The number of nitrogens with zero attached hydrogens (tertiary/aromatic N) is 2. The summed E-state index contributed by atoms with van der Waals surface area (Å²) in [6.07, 6.45) is 0. The summed E-state index contributed by atoms with van der Waals surface area (Å²) >= 11 is 0. The minimum Gasteiger partial charge on any atom is -0.307 e. The highest BCUT2D eigenvalue weighted by molar-refractivity contribution is 6.38. The van der Waals surface area contributed by atoms with Crippen molar-refractivity contribution in [2.75, 3.05) is 0 Å². The number of aromatic nitrogens is 2. The molecule has 56 heavy (non-hydrogen) atoms. The Kier molecular flexibility index (Phi) is 5.92. The van der Waals surface area contributed by atoms with Gasteiger partial charge in [0.25, 0.3) is 0 Å². The topological polar surface area (TPSA) is 8.82 Å². The minimum absolute atomic E-state index is 1.22. The van der Waals surface area contributed by atoms with E-state index in [1.807, 2.05) is 0 Å². The monoisotopic (exact) mass is 708 g/mol. The van der Waals surface area contributed by atoms with Crippen molar-refractivity contribution in [2.45, 2.75) is 0 Å². The van der Waals surface area contributed by atoms with E-state index in [2.05, 4.69) is 203 Å². The highest BCUT2D eigenvalue weighted by atomic mass is 14.9. The standard InChI is InChI=1S/C54H32N2/c1-5-15-33(16-6-1)37-27-29-39-41-23-13-25-43-49-48(36-21-11-4-12-22-36)54-50(47(35-19-9-3-10-20-35)53(49)55(51(41)43)45(39)31-37)44-26-14-24-42-40-30-28-38(34-17-7-2-8-18-34)32-46(40)56(54)52(42)44/h1-32H. The number of para-hydroxylation sites is 2. The Morgan fingerprint density at radius 2 is 0.589 bits per heavy atom. The molecule has 2 heteroatoms. The van der Waals surface area contributed by atoms with E-state index in [1.165, 1.54) is 121 Å². The Labute approximate surface area is 322 Å². The molecule has 0 aliphatic heterocycles. The van der Waals surface area contributed by atoms with E-state index >= 15 is 0 Å². The first-order valence-corrected chi connectivity index (χ1v) is 19.4. The quantitative estimate of drug-likeness (QED) is 0.172. The lowest BCUT2D eigenvalue weighted by molar-refractivity contribution is 1.36. The first-order valence-electron chi connectivity index (χ1n) is 19.4. The van der Waals surface area contributed by atoms with Crippen LogP contribution in [0.1, 0.15) is 0 Å². The van der Waals surface area contributed by atoms with E-state index in [9.17, 15) is 0 Å². The molecule has 0 atom stereocenters. The molecule has 4 heterocycles. The van der Waals surface area contributed by atoms with Gasteiger partial charge in [-0.3, -0.25) is 0 Å². The van der Waals surface area contributed by atoms with E-state index in [1.54, 1.807) is 0 Å². The molecule has 13 rings (SSSR count).